The van der Waals surface area contributed by atoms with Crippen molar-refractivity contribution >= 4 is 33.0 Å². The Hall–Kier alpha value is -2.52. The molecule has 162 valence electrons. The van der Waals surface area contributed by atoms with Crippen molar-refractivity contribution in [1.29, 1.82) is 0 Å². The van der Waals surface area contributed by atoms with Crippen LogP contribution in [0, 0.1) is 0 Å². The average molecular weight is 456 g/mol. The third kappa shape index (κ3) is 5.80. The summed E-state index contributed by atoms with van der Waals surface area (Å²) < 4.78 is 28.0. The molecule has 0 radical (unpaired) electrons. The van der Waals surface area contributed by atoms with Crippen molar-refractivity contribution in [2.75, 3.05) is 18.4 Å². The predicted molar refractivity (Wildman–Crippen MR) is 124 cm³/mol. The maximum atomic E-state index is 12.4. The summed E-state index contributed by atoms with van der Waals surface area (Å²) in [5.41, 5.74) is 2.53. The Morgan fingerprint density at radius 2 is 1.68 bits per heavy atom. The van der Waals surface area contributed by atoms with Crippen LogP contribution < -0.4 is 10.0 Å². The lowest BCUT2D eigenvalue weighted by molar-refractivity contribution is 0.102. The van der Waals surface area contributed by atoms with Crippen LogP contribution in [0.3, 0.4) is 0 Å². The molecule has 0 saturated carbocycles. The average Bonchev–Trinajstić information content (AvgIpc) is 3.32. The van der Waals surface area contributed by atoms with Crippen LogP contribution in [0.15, 0.2) is 76.3 Å². The monoisotopic (exact) mass is 455 g/mol. The smallest absolute Gasteiger partial charge is 0.255 e. The van der Waals surface area contributed by atoms with Crippen LogP contribution in [0.5, 0.6) is 0 Å². The van der Waals surface area contributed by atoms with Gasteiger partial charge in [0.15, 0.2) is 0 Å². The minimum Gasteiger partial charge on any atom is -0.322 e. The normalized spacial score (nSPS) is 15.6. The van der Waals surface area contributed by atoms with Crippen molar-refractivity contribution in [3.05, 3.63) is 83.2 Å². The van der Waals surface area contributed by atoms with Crippen LogP contribution >= 0.6 is 11.3 Å². The van der Waals surface area contributed by atoms with E-state index in [0.29, 0.717) is 9.77 Å². The Labute approximate surface area is 187 Å². The molecule has 0 atom stereocenters. The highest BCUT2D eigenvalue weighted by molar-refractivity contribution is 7.91. The molecule has 4 rings (SSSR count). The molecule has 1 aromatic heterocycles. The number of hydrogen-bond donors (Lipinski definition) is 2. The number of piperidine rings is 1. The SMILES string of the molecule is O=C(Nc1ccccc1)c1ccc(CN2CCC(NS(=O)(=O)c3cccs3)CC2)cc1. The minimum absolute atomic E-state index is 0.0348. The highest BCUT2D eigenvalue weighted by Crippen LogP contribution is 2.20. The molecule has 0 unspecified atom stereocenters. The zero-order chi connectivity index (χ0) is 21.7. The van der Waals surface area contributed by atoms with E-state index < -0.39 is 10.0 Å². The number of thiophene rings is 1. The van der Waals surface area contributed by atoms with Gasteiger partial charge in [0.1, 0.15) is 4.21 Å². The lowest BCUT2D eigenvalue weighted by Gasteiger charge is -2.32. The molecule has 2 N–H and O–H groups in total. The molecule has 2 aromatic carbocycles. The molecule has 1 aliphatic heterocycles. The van der Waals surface area contributed by atoms with Gasteiger partial charge in [-0.25, -0.2) is 13.1 Å². The summed E-state index contributed by atoms with van der Waals surface area (Å²) in [5.74, 6) is -0.128. The lowest BCUT2D eigenvalue weighted by Crippen LogP contribution is -2.44. The lowest BCUT2D eigenvalue weighted by atomic mass is 10.0. The van der Waals surface area contributed by atoms with E-state index >= 15 is 0 Å². The van der Waals surface area contributed by atoms with Crippen LogP contribution in [-0.4, -0.2) is 38.4 Å². The number of hydrogen-bond acceptors (Lipinski definition) is 5. The van der Waals surface area contributed by atoms with Gasteiger partial charge in [-0.1, -0.05) is 36.4 Å². The quantitative estimate of drug-likeness (QED) is 0.566. The summed E-state index contributed by atoms with van der Waals surface area (Å²) in [4.78, 5) is 14.7. The van der Waals surface area contributed by atoms with Gasteiger partial charge in [-0.05, 0) is 54.1 Å². The maximum absolute atomic E-state index is 12.4. The number of para-hydroxylation sites is 1. The number of amides is 1. The third-order valence-corrected chi connectivity index (χ3v) is 8.24. The van der Waals surface area contributed by atoms with E-state index in [4.69, 9.17) is 0 Å². The molecular formula is C23H25N3O3S2. The second kappa shape index (κ2) is 9.74. The van der Waals surface area contributed by atoms with Gasteiger partial charge in [-0.15, -0.1) is 11.3 Å². The number of likely N-dealkylation sites (tertiary alicyclic amines) is 1. The maximum Gasteiger partial charge on any atom is 0.255 e. The molecule has 0 spiro atoms. The second-order valence-corrected chi connectivity index (χ2v) is 10.5. The molecule has 1 amide bonds. The molecule has 1 aliphatic rings. The van der Waals surface area contributed by atoms with Gasteiger partial charge in [-0.2, -0.15) is 0 Å². The van der Waals surface area contributed by atoms with Gasteiger partial charge in [0, 0.05) is 36.9 Å². The third-order valence-electron chi connectivity index (χ3n) is 5.32. The van der Waals surface area contributed by atoms with Gasteiger partial charge < -0.3 is 5.32 Å². The van der Waals surface area contributed by atoms with Gasteiger partial charge in [0.05, 0.1) is 0 Å². The summed E-state index contributed by atoms with van der Waals surface area (Å²) in [6, 6.07) is 20.4. The first-order valence-corrected chi connectivity index (χ1v) is 12.6. The second-order valence-electron chi connectivity index (χ2n) is 7.62. The van der Waals surface area contributed by atoms with Crippen molar-refractivity contribution < 1.29 is 13.2 Å². The van der Waals surface area contributed by atoms with E-state index in [1.54, 1.807) is 17.5 Å². The summed E-state index contributed by atoms with van der Waals surface area (Å²) >= 11 is 1.23. The highest BCUT2D eigenvalue weighted by Gasteiger charge is 2.25. The number of nitrogens with zero attached hydrogens (tertiary/aromatic N) is 1. The molecule has 0 aliphatic carbocycles. The molecule has 2 heterocycles. The number of carbonyl (C=O) groups is 1. The topological polar surface area (TPSA) is 78.5 Å². The number of carbonyl (C=O) groups excluding carboxylic acids is 1. The first-order valence-electron chi connectivity index (χ1n) is 10.2. The van der Waals surface area contributed by atoms with Gasteiger partial charge in [0.2, 0.25) is 10.0 Å². The largest absolute Gasteiger partial charge is 0.322 e. The zero-order valence-corrected chi connectivity index (χ0v) is 18.7. The fourth-order valence-corrected chi connectivity index (χ4v) is 5.96. The molecule has 1 saturated heterocycles. The fourth-order valence-electron chi connectivity index (χ4n) is 3.65. The summed E-state index contributed by atoms with van der Waals surface area (Å²) in [6.45, 7) is 2.44. The standard InChI is InChI=1S/C23H25N3O3S2/c27-23(24-20-5-2-1-3-6-20)19-10-8-18(9-11-19)17-26-14-12-21(13-15-26)25-31(28,29)22-7-4-16-30-22/h1-11,16,21,25H,12-15,17H2,(H,24,27). The Morgan fingerprint density at radius 1 is 0.968 bits per heavy atom. The number of anilines is 1. The molecule has 8 heteroatoms. The zero-order valence-electron chi connectivity index (χ0n) is 17.0. The Bertz CT molecular complexity index is 1090. The highest BCUT2D eigenvalue weighted by atomic mass is 32.2. The summed E-state index contributed by atoms with van der Waals surface area (Å²) in [5, 5.41) is 4.66. The van der Waals surface area contributed by atoms with Crippen LogP contribution in [0.4, 0.5) is 5.69 Å². The number of rotatable bonds is 7. The Kier molecular flexibility index (Phi) is 6.82. The van der Waals surface area contributed by atoms with Crippen LogP contribution in [0.2, 0.25) is 0 Å². The van der Waals surface area contributed by atoms with Crippen LogP contribution in [-0.2, 0) is 16.6 Å². The molecule has 3 aromatic rings. The van der Waals surface area contributed by atoms with E-state index in [2.05, 4.69) is 14.9 Å². The van der Waals surface area contributed by atoms with Gasteiger partial charge >= 0.3 is 0 Å². The predicted octanol–water partition coefficient (Wildman–Crippen LogP) is 3.94. The number of nitrogens with one attached hydrogen (secondary N) is 2. The Balaban J connectivity index is 1.26. The van der Waals surface area contributed by atoms with E-state index in [-0.39, 0.29) is 11.9 Å². The van der Waals surface area contributed by atoms with Crippen LogP contribution in [0.25, 0.3) is 0 Å². The van der Waals surface area contributed by atoms with Crippen molar-refractivity contribution in [1.82, 2.24) is 9.62 Å². The molecular weight excluding hydrogens is 430 g/mol. The summed E-state index contributed by atoms with van der Waals surface area (Å²) in [6.07, 6.45) is 1.56. The fraction of sp³-hybridized carbons (Fsp3) is 0.261. The van der Waals surface area contributed by atoms with Crippen molar-refractivity contribution in [2.24, 2.45) is 0 Å². The molecule has 1 fully saturated rings. The van der Waals surface area contributed by atoms with E-state index in [1.165, 1.54) is 11.3 Å². The summed E-state index contributed by atoms with van der Waals surface area (Å²) in [7, 11) is -3.42. The minimum atomic E-state index is -3.42. The van der Waals surface area contributed by atoms with Crippen molar-refractivity contribution in [3.8, 4) is 0 Å². The molecule has 31 heavy (non-hydrogen) atoms. The van der Waals surface area contributed by atoms with E-state index in [0.717, 1.165) is 43.7 Å². The molecule has 6 nitrogen and oxygen atoms in total. The van der Waals surface area contributed by atoms with Gasteiger partial charge in [0.25, 0.3) is 5.91 Å². The van der Waals surface area contributed by atoms with Crippen molar-refractivity contribution in [2.45, 2.75) is 29.6 Å². The van der Waals surface area contributed by atoms with Crippen LogP contribution in [0.1, 0.15) is 28.8 Å². The Morgan fingerprint density at radius 3 is 2.32 bits per heavy atom. The molecule has 0 bridgehead atoms. The number of sulfonamides is 1. The van der Waals surface area contributed by atoms with Crippen molar-refractivity contribution in [3.63, 3.8) is 0 Å². The first kappa shape index (κ1) is 21.7. The van der Waals surface area contributed by atoms with Gasteiger partial charge in [-0.3, -0.25) is 9.69 Å². The first-order chi connectivity index (χ1) is 15.0. The number of benzene rings is 2. The van der Waals surface area contributed by atoms with E-state index in [1.807, 2.05) is 54.6 Å². The van der Waals surface area contributed by atoms with E-state index in [9.17, 15) is 13.2 Å².